The van der Waals surface area contributed by atoms with Crippen molar-refractivity contribution in [3.63, 3.8) is 0 Å². The van der Waals surface area contributed by atoms with Gasteiger partial charge in [-0.1, -0.05) is 0 Å². The lowest BCUT2D eigenvalue weighted by Gasteiger charge is -2.13. The van der Waals surface area contributed by atoms with Gasteiger partial charge in [-0.25, -0.2) is 4.98 Å². The number of nitrogens with zero attached hydrogens (tertiary/aromatic N) is 5. The molecule has 7 nitrogen and oxygen atoms in total. The van der Waals surface area contributed by atoms with Gasteiger partial charge in [0, 0.05) is 44.8 Å². The Bertz CT molecular complexity index is 789. The molecule has 0 spiro atoms. The monoisotopic (exact) mass is 335 g/mol. The van der Waals surface area contributed by atoms with Crippen molar-refractivity contribution < 1.29 is 5.11 Å². The molecule has 0 unspecified atom stereocenters. The van der Waals surface area contributed by atoms with Crippen molar-refractivity contribution in [1.82, 2.24) is 18.7 Å². The van der Waals surface area contributed by atoms with Crippen LogP contribution in [0.4, 0.5) is 0 Å². The van der Waals surface area contributed by atoms with E-state index in [2.05, 4.69) is 9.98 Å². The Kier molecular flexibility index (Phi) is 5.86. The highest BCUT2D eigenvalue weighted by Gasteiger charge is 2.13. The van der Waals surface area contributed by atoms with Crippen molar-refractivity contribution in [2.45, 2.75) is 39.9 Å². The highest BCUT2D eigenvalue weighted by molar-refractivity contribution is 7.71. The molecule has 0 saturated carbocycles. The Morgan fingerprint density at radius 3 is 2.70 bits per heavy atom. The molecule has 23 heavy (non-hydrogen) atoms. The maximum atomic E-state index is 12.4. The second-order valence-corrected chi connectivity index (χ2v) is 5.37. The number of hydrogen-bond acceptors (Lipinski definition) is 5. The molecular formula is C15H21N5O2S. The van der Waals surface area contributed by atoms with Crippen molar-refractivity contribution in [2.75, 3.05) is 6.54 Å². The van der Waals surface area contributed by atoms with E-state index < -0.39 is 0 Å². The number of imidazole rings is 1. The first kappa shape index (κ1) is 17.1. The highest BCUT2D eigenvalue weighted by Crippen LogP contribution is 2.12. The quantitative estimate of drug-likeness (QED) is 0.476. The van der Waals surface area contributed by atoms with Gasteiger partial charge in [0.25, 0.3) is 5.56 Å². The van der Waals surface area contributed by atoms with E-state index >= 15 is 0 Å². The SMILES string of the molecule is CCn1c(O)c(C=NCCCn2ccnc2)c(=O)n(CC)c1=S. The zero-order chi connectivity index (χ0) is 16.8. The van der Waals surface area contributed by atoms with E-state index in [9.17, 15) is 9.90 Å². The first-order chi connectivity index (χ1) is 11.1. The van der Waals surface area contributed by atoms with Crippen LogP contribution in [0, 0.1) is 4.77 Å². The number of aryl methyl sites for hydroxylation is 1. The molecule has 0 aliphatic heterocycles. The van der Waals surface area contributed by atoms with E-state index in [1.54, 1.807) is 12.5 Å². The van der Waals surface area contributed by atoms with Crippen LogP contribution in [0.25, 0.3) is 0 Å². The fraction of sp³-hybridized carbons (Fsp3) is 0.467. The van der Waals surface area contributed by atoms with Crippen molar-refractivity contribution in [3.05, 3.63) is 39.4 Å². The molecule has 0 fully saturated rings. The number of hydrogen-bond donors (Lipinski definition) is 1. The summed E-state index contributed by atoms with van der Waals surface area (Å²) in [5, 5.41) is 10.3. The van der Waals surface area contributed by atoms with Crippen LogP contribution in [0.5, 0.6) is 5.88 Å². The van der Waals surface area contributed by atoms with Gasteiger partial charge in [-0.3, -0.25) is 18.9 Å². The van der Waals surface area contributed by atoms with Gasteiger partial charge in [0.1, 0.15) is 5.56 Å². The topological polar surface area (TPSA) is 77.3 Å². The third kappa shape index (κ3) is 3.76. The molecule has 0 aromatic carbocycles. The molecule has 2 rings (SSSR count). The fourth-order valence-corrected chi connectivity index (χ4v) is 2.73. The van der Waals surface area contributed by atoms with Crippen LogP contribution in [0.1, 0.15) is 25.8 Å². The Balaban J connectivity index is 2.17. The maximum Gasteiger partial charge on any atom is 0.267 e. The Morgan fingerprint density at radius 1 is 1.35 bits per heavy atom. The zero-order valence-corrected chi connectivity index (χ0v) is 14.2. The molecule has 0 aliphatic rings. The summed E-state index contributed by atoms with van der Waals surface area (Å²) >= 11 is 5.24. The second-order valence-electron chi connectivity index (χ2n) is 5.00. The number of aromatic nitrogens is 4. The molecule has 2 aromatic heterocycles. The van der Waals surface area contributed by atoms with Crippen LogP contribution in [-0.2, 0) is 19.6 Å². The minimum atomic E-state index is -0.307. The summed E-state index contributed by atoms with van der Waals surface area (Å²) in [7, 11) is 0. The Hall–Kier alpha value is -2.22. The van der Waals surface area contributed by atoms with Gasteiger partial charge in [-0.05, 0) is 32.5 Å². The summed E-state index contributed by atoms with van der Waals surface area (Å²) in [6.07, 6.45) is 7.64. The Labute approximate surface area is 139 Å². The lowest BCUT2D eigenvalue weighted by atomic mass is 10.3. The van der Waals surface area contributed by atoms with E-state index in [0.29, 0.717) is 24.4 Å². The predicted octanol–water partition coefficient (Wildman–Crippen LogP) is 1.83. The molecule has 0 amide bonds. The molecule has 0 aliphatic carbocycles. The lowest BCUT2D eigenvalue weighted by molar-refractivity contribution is 0.399. The molecule has 8 heteroatoms. The van der Waals surface area contributed by atoms with Gasteiger partial charge in [0.2, 0.25) is 5.88 Å². The van der Waals surface area contributed by atoms with Crippen LogP contribution < -0.4 is 5.56 Å². The molecule has 0 bridgehead atoms. The summed E-state index contributed by atoms with van der Waals surface area (Å²) in [6.45, 7) is 6.03. The van der Waals surface area contributed by atoms with Crippen LogP contribution in [0.15, 0.2) is 28.5 Å². The lowest BCUT2D eigenvalue weighted by Crippen LogP contribution is -2.28. The minimum Gasteiger partial charge on any atom is -0.494 e. The minimum absolute atomic E-state index is 0.120. The van der Waals surface area contributed by atoms with Crippen molar-refractivity contribution in [3.8, 4) is 5.88 Å². The van der Waals surface area contributed by atoms with E-state index in [1.807, 2.05) is 24.6 Å². The van der Waals surface area contributed by atoms with Crippen molar-refractivity contribution in [2.24, 2.45) is 4.99 Å². The van der Waals surface area contributed by atoms with Crippen LogP contribution >= 0.6 is 12.2 Å². The Morgan fingerprint density at radius 2 is 2.09 bits per heavy atom. The summed E-state index contributed by atoms with van der Waals surface area (Å²) in [4.78, 5) is 20.6. The van der Waals surface area contributed by atoms with E-state index in [4.69, 9.17) is 12.2 Å². The predicted molar refractivity (Wildman–Crippen MR) is 91.8 cm³/mol. The molecule has 0 saturated heterocycles. The average molecular weight is 335 g/mol. The van der Waals surface area contributed by atoms with Crippen molar-refractivity contribution in [1.29, 1.82) is 0 Å². The van der Waals surface area contributed by atoms with E-state index in [-0.39, 0.29) is 17.0 Å². The molecule has 0 atom stereocenters. The maximum absolute atomic E-state index is 12.4. The molecule has 1 N–H and O–H groups in total. The molecule has 124 valence electrons. The smallest absolute Gasteiger partial charge is 0.267 e. The van der Waals surface area contributed by atoms with Gasteiger partial charge in [-0.15, -0.1) is 0 Å². The van der Waals surface area contributed by atoms with Crippen LogP contribution in [0.3, 0.4) is 0 Å². The van der Waals surface area contributed by atoms with Gasteiger partial charge in [-0.2, -0.15) is 0 Å². The number of aromatic hydroxyl groups is 1. The molecule has 2 heterocycles. The third-order valence-electron chi connectivity index (χ3n) is 3.55. The number of aliphatic imine (C=N–C) groups is 1. The van der Waals surface area contributed by atoms with Gasteiger partial charge < -0.3 is 9.67 Å². The van der Waals surface area contributed by atoms with E-state index in [0.717, 1.165) is 13.0 Å². The molecular weight excluding hydrogens is 314 g/mol. The largest absolute Gasteiger partial charge is 0.494 e. The first-order valence-corrected chi connectivity index (χ1v) is 8.03. The van der Waals surface area contributed by atoms with Crippen LogP contribution in [0.2, 0.25) is 0 Å². The van der Waals surface area contributed by atoms with Gasteiger partial charge in [0.15, 0.2) is 4.77 Å². The third-order valence-corrected chi connectivity index (χ3v) is 3.99. The standard InChI is InChI=1S/C15H21N5O2S/c1-3-19-13(21)12(14(22)20(4-2)15(19)23)10-16-6-5-8-18-9-7-17-11-18/h7,9-11,21H,3-6,8H2,1-2H3. The highest BCUT2D eigenvalue weighted by atomic mass is 32.1. The van der Waals surface area contributed by atoms with Gasteiger partial charge in [0.05, 0.1) is 6.33 Å². The molecule has 0 radical (unpaired) electrons. The zero-order valence-electron chi connectivity index (χ0n) is 13.3. The summed E-state index contributed by atoms with van der Waals surface area (Å²) in [6, 6.07) is 0. The normalized spacial score (nSPS) is 11.4. The first-order valence-electron chi connectivity index (χ1n) is 7.62. The van der Waals surface area contributed by atoms with Crippen molar-refractivity contribution >= 4 is 18.4 Å². The fourth-order valence-electron chi connectivity index (χ4n) is 2.31. The second kappa shape index (κ2) is 7.87. The van der Waals surface area contributed by atoms with Crippen LogP contribution in [-0.4, -0.2) is 36.6 Å². The van der Waals surface area contributed by atoms with Gasteiger partial charge >= 0.3 is 0 Å². The summed E-state index contributed by atoms with van der Waals surface area (Å²) < 4.78 is 5.29. The average Bonchev–Trinajstić information content (AvgIpc) is 3.04. The molecule has 2 aromatic rings. The number of rotatable bonds is 7. The van der Waals surface area contributed by atoms with E-state index in [1.165, 1.54) is 15.3 Å². The summed E-state index contributed by atoms with van der Waals surface area (Å²) in [5.41, 5.74) is -0.122. The summed E-state index contributed by atoms with van der Waals surface area (Å²) in [5.74, 6) is -0.120.